The van der Waals surface area contributed by atoms with E-state index in [0.29, 0.717) is 6.04 Å². The average molecular weight is 217 g/mol. The van der Waals surface area contributed by atoms with E-state index in [1.807, 2.05) is 0 Å². The molecular weight excluding hydrogens is 194 g/mol. The molecule has 0 aliphatic heterocycles. The molecule has 0 saturated heterocycles. The normalized spacial score (nSPS) is 12.4. The smallest absolute Gasteiger partial charge is 0.0360 e. The molecule has 0 radical (unpaired) electrons. The number of benzene rings is 1. The minimum atomic E-state index is 0.415. The van der Waals surface area contributed by atoms with E-state index in [-0.39, 0.29) is 0 Å². The summed E-state index contributed by atoms with van der Waals surface area (Å²) in [6, 6.07) is 9.01. The zero-order valence-electron chi connectivity index (χ0n) is 10.7. The quantitative estimate of drug-likeness (QED) is 0.710. The maximum Gasteiger partial charge on any atom is 0.0360 e. The summed E-state index contributed by atoms with van der Waals surface area (Å²) in [4.78, 5) is 0. The van der Waals surface area contributed by atoms with Gasteiger partial charge in [0.05, 0.1) is 0 Å². The fourth-order valence-corrected chi connectivity index (χ4v) is 1.95. The van der Waals surface area contributed by atoms with Crippen LogP contribution in [-0.2, 0) is 0 Å². The highest BCUT2D eigenvalue weighted by molar-refractivity contribution is 5.29. The van der Waals surface area contributed by atoms with Gasteiger partial charge in [-0.3, -0.25) is 0 Å². The SMILES string of the molecule is C=C(CC)CC(NCC)c1ccccc1C. The highest BCUT2D eigenvalue weighted by Crippen LogP contribution is 2.24. The molecule has 0 aliphatic carbocycles. The van der Waals surface area contributed by atoms with Crippen molar-refractivity contribution < 1.29 is 0 Å². The Kier molecular flexibility index (Phi) is 5.27. The molecule has 1 unspecified atom stereocenters. The van der Waals surface area contributed by atoms with Gasteiger partial charge in [-0.05, 0) is 37.4 Å². The van der Waals surface area contributed by atoms with E-state index in [4.69, 9.17) is 0 Å². The molecule has 0 saturated carbocycles. The van der Waals surface area contributed by atoms with Gasteiger partial charge in [0, 0.05) is 6.04 Å². The van der Waals surface area contributed by atoms with E-state index in [2.05, 4.69) is 56.9 Å². The van der Waals surface area contributed by atoms with E-state index in [1.165, 1.54) is 16.7 Å². The van der Waals surface area contributed by atoms with Crippen LogP contribution >= 0.6 is 0 Å². The second-order valence-corrected chi connectivity index (χ2v) is 4.27. The zero-order valence-corrected chi connectivity index (χ0v) is 10.7. The first kappa shape index (κ1) is 13.0. The summed E-state index contributed by atoms with van der Waals surface area (Å²) in [6.45, 7) is 11.6. The molecule has 1 aromatic carbocycles. The lowest BCUT2D eigenvalue weighted by Gasteiger charge is -2.21. The maximum atomic E-state index is 4.11. The first-order valence-electron chi connectivity index (χ1n) is 6.14. The van der Waals surface area contributed by atoms with Crippen molar-refractivity contribution in [1.82, 2.24) is 5.32 Å². The third kappa shape index (κ3) is 3.49. The van der Waals surface area contributed by atoms with E-state index in [9.17, 15) is 0 Å². The van der Waals surface area contributed by atoms with Crippen LogP contribution in [-0.4, -0.2) is 6.54 Å². The third-order valence-electron chi connectivity index (χ3n) is 3.01. The largest absolute Gasteiger partial charge is 0.310 e. The van der Waals surface area contributed by atoms with Crippen molar-refractivity contribution in [2.24, 2.45) is 0 Å². The van der Waals surface area contributed by atoms with Gasteiger partial charge in [-0.2, -0.15) is 0 Å². The van der Waals surface area contributed by atoms with E-state index in [0.717, 1.165) is 19.4 Å². The van der Waals surface area contributed by atoms with Crippen LogP contribution < -0.4 is 5.32 Å². The van der Waals surface area contributed by atoms with Crippen LogP contribution in [0.5, 0.6) is 0 Å². The van der Waals surface area contributed by atoms with E-state index in [1.54, 1.807) is 0 Å². The highest BCUT2D eigenvalue weighted by Gasteiger charge is 2.12. The van der Waals surface area contributed by atoms with Gasteiger partial charge >= 0.3 is 0 Å². The van der Waals surface area contributed by atoms with Crippen LogP contribution in [0.1, 0.15) is 43.9 Å². The fourth-order valence-electron chi connectivity index (χ4n) is 1.95. The van der Waals surface area contributed by atoms with Crippen molar-refractivity contribution in [2.75, 3.05) is 6.54 Å². The molecule has 1 atom stereocenters. The predicted molar refractivity (Wildman–Crippen MR) is 71.6 cm³/mol. The van der Waals surface area contributed by atoms with Gasteiger partial charge in [-0.1, -0.05) is 50.3 Å². The van der Waals surface area contributed by atoms with Gasteiger partial charge in [0.25, 0.3) is 0 Å². The van der Waals surface area contributed by atoms with E-state index < -0.39 is 0 Å². The number of nitrogens with one attached hydrogen (secondary N) is 1. The first-order valence-corrected chi connectivity index (χ1v) is 6.14. The van der Waals surface area contributed by atoms with Crippen LogP contribution in [0.15, 0.2) is 36.4 Å². The molecule has 0 spiro atoms. The van der Waals surface area contributed by atoms with Gasteiger partial charge in [-0.15, -0.1) is 0 Å². The minimum Gasteiger partial charge on any atom is -0.310 e. The number of rotatable bonds is 6. The molecule has 1 heteroatoms. The number of aryl methyl sites for hydroxylation is 1. The monoisotopic (exact) mass is 217 g/mol. The Bertz CT molecular complexity index is 341. The molecule has 1 rings (SSSR count). The number of hydrogen-bond acceptors (Lipinski definition) is 1. The van der Waals surface area contributed by atoms with Crippen LogP contribution in [0.2, 0.25) is 0 Å². The summed E-state index contributed by atoms with van der Waals surface area (Å²) >= 11 is 0. The van der Waals surface area contributed by atoms with Crippen LogP contribution in [0.4, 0.5) is 0 Å². The minimum absolute atomic E-state index is 0.415. The Morgan fingerprint density at radius 2 is 2.00 bits per heavy atom. The Labute approximate surface area is 99.6 Å². The van der Waals surface area contributed by atoms with Crippen LogP contribution in [0, 0.1) is 6.92 Å². The standard InChI is InChI=1S/C15H23N/c1-5-12(3)11-15(16-6-2)14-10-8-7-9-13(14)4/h7-10,15-16H,3,5-6,11H2,1-2,4H3. The lowest BCUT2D eigenvalue weighted by molar-refractivity contribution is 0.540. The lowest BCUT2D eigenvalue weighted by atomic mass is 9.95. The van der Waals surface area contributed by atoms with Gasteiger partial charge < -0.3 is 5.32 Å². The molecule has 1 aromatic rings. The van der Waals surface area contributed by atoms with Crippen LogP contribution in [0.25, 0.3) is 0 Å². The van der Waals surface area contributed by atoms with Gasteiger partial charge in [0.1, 0.15) is 0 Å². The van der Waals surface area contributed by atoms with Crippen molar-refractivity contribution in [1.29, 1.82) is 0 Å². The van der Waals surface area contributed by atoms with Gasteiger partial charge in [-0.25, -0.2) is 0 Å². The summed E-state index contributed by atoms with van der Waals surface area (Å²) in [6.07, 6.45) is 2.10. The molecule has 0 aromatic heterocycles. The average Bonchev–Trinajstić information content (AvgIpc) is 2.29. The molecule has 1 nitrogen and oxygen atoms in total. The first-order chi connectivity index (χ1) is 7.69. The molecule has 88 valence electrons. The second-order valence-electron chi connectivity index (χ2n) is 4.27. The van der Waals surface area contributed by atoms with E-state index >= 15 is 0 Å². The summed E-state index contributed by atoms with van der Waals surface area (Å²) in [5.41, 5.74) is 4.07. The second kappa shape index (κ2) is 6.49. The lowest BCUT2D eigenvalue weighted by Crippen LogP contribution is -2.22. The van der Waals surface area contributed by atoms with Crippen molar-refractivity contribution in [2.45, 2.75) is 39.7 Å². The van der Waals surface area contributed by atoms with Crippen molar-refractivity contribution >= 4 is 0 Å². The predicted octanol–water partition coefficient (Wildman–Crippen LogP) is 4.00. The Hall–Kier alpha value is -1.08. The van der Waals surface area contributed by atoms with Crippen molar-refractivity contribution in [3.05, 3.63) is 47.5 Å². The highest BCUT2D eigenvalue weighted by atomic mass is 14.9. The fraction of sp³-hybridized carbons (Fsp3) is 0.467. The van der Waals surface area contributed by atoms with Gasteiger partial charge in [0.2, 0.25) is 0 Å². The summed E-state index contributed by atoms with van der Waals surface area (Å²) in [5, 5.41) is 3.54. The molecule has 0 amide bonds. The van der Waals surface area contributed by atoms with Crippen molar-refractivity contribution in [3.63, 3.8) is 0 Å². The molecule has 0 bridgehead atoms. The molecule has 0 heterocycles. The molecule has 16 heavy (non-hydrogen) atoms. The Morgan fingerprint density at radius 3 is 2.56 bits per heavy atom. The summed E-state index contributed by atoms with van der Waals surface area (Å²) < 4.78 is 0. The maximum absolute atomic E-state index is 4.11. The summed E-state index contributed by atoms with van der Waals surface area (Å²) in [7, 11) is 0. The Morgan fingerprint density at radius 1 is 1.31 bits per heavy atom. The topological polar surface area (TPSA) is 12.0 Å². The Balaban J connectivity index is 2.85. The third-order valence-corrected chi connectivity index (χ3v) is 3.01. The molecule has 1 N–H and O–H groups in total. The molecule has 0 aliphatic rings. The zero-order chi connectivity index (χ0) is 12.0. The number of hydrogen-bond donors (Lipinski definition) is 1. The summed E-state index contributed by atoms with van der Waals surface area (Å²) in [5.74, 6) is 0. The van der Waals surface area contributed by atoms with Gasteiger partial charge in [0.15, 0.2) is 0 Å². The van der Waals surface area contributed by atoms with Crippen LogP contribution in [0.3, 0.4) is 0 Å². The molecular formula is C15H23N. The molecule has 0 fully saturated rings. The van der Waals surface area contributed by atoms with Crippen molar-refractivity contribution in [3.8, 4) is 0 Å².